The summed E-state index contributed by atoms with van der Waals surface area (Å²) in [7, 11) is -1.86. The van der Waals surface area contributed by atoms with E-state index in [1.54, 1.807) is 25.3 Å². The first-order valence-electron chi connectivity index (χ1n) is 6.52. The Morgan fingerprint density at radius 1 is 1.29 bits per heavy atom. The Hall–Kier alpha value is -2.02. The molecule has 114 valence electrons. The van der Waals surface area contributed by atoms with E-state index >= 15 is 0 Å². The summed E-state index contributed by atoms with van der Waals surface area (Å²) in [6.07, 6.45) is 4.89. The first-order chi connectivity index (χ1) is 9.97. The highest BCUT2D eigenvalue weighted by molar-refractivity contribution is 7.89. The molecule has 2 aromatic rings. The molecular weight excluding hydrogens is 292 g/mol. The molecule has 0 unspecified atom stereocenters. The zero-order valence-electron chi connectivity index (χ0n) is 12.2. The molecule has 0 amide bonds. The van der Waals surface area contributed by atoms with Crippen molar-refractivity contribution in [2.24, 2.45) is 0 Å². The lowest BCUT2D eigenvalue weighted by Gasteiger charge is -2.12. The van der Waals surface area contributed by atoms with Crippen molar-refractivity contribution in [1.29, 1.82) is 0 Å². The number of nitrogens with zero attached hydrogens (tertiary/aromatic N) is 2. The summed E-state index contributed by atoms with van der Waals surface area (Å²) in [6.45, 7) is 2.61. The summed E-state index contributed by atoms with van der Waals surface area (Å²) in [6, 6.07) is 5.23. The molecular formula is C14H18N2O4S. The molecule has 0 aliphatic carbocycles. The summed E-state index contributed by atoms with van der Waals surface area (Å²) in [5, 5.41) is 0. The van der Waals surface area contributed by atoms with Gasteiger partial charge in [0.2, 0.25) is 10.0 Å². The molecule has 0 saturated carbocycles. The average Bonchev–Trinajstić information content (AvgIpc) is 2.94. The molecule has 1 aromatic heterocycles. The first-order valence-corrected chi connectivity index (χ1v) is 8.37. The third-order valence-corrected chi connectivity index (χ3v) is 3.86. The zero-order valence-corrected chi connectivity index (χ0v) is 13.1. The summed E-state index contributed by atoms with van der Waals surface area (Å²) in [5.41, 5.74) is 0.645. The Bertz CT molecular complexity index is 722. The highest BCUT2D eigenvalue weighted by atomic mass is 32.2. The fourth-order valence-electron chi connectivity index (χ4n) is 1.90. The third kappa shape index (κ3) is 3.36. The van der Waals surface area contributed by atoms with Crippen LogP contribution in [-0.4, -0.2) is 37.3 Å². The van der Waals surface area contributed by atoms with Crippen molar-refractivity contribution < 1.29 is 17.9 Å². The Kier molecular flexibility index (Phi) is 4.52. The van der Waals surface area contributed by atoms with Gasteiger partial charge in [-0.25, -0.2) is 17.4 Å². The minimum Gasteiger partial charge on any atom is -0.493 e. The number of rotatable bonds is 6. The Labute approximate surface area is 124 Å². The van der Waals surface area contributed by atoms with Crippen molar-refractivity contribution in [3.8, 4) is 22.9 Å². The van der Waals surface area contributed by atoms with Gasteiger partial charge in [0, 0.05) is 18.0 Å². The topological polar surface area (TPSA) is 70.4 Å². The van der Waals surface area contributed by atoms with Gasteiger partial charge in [0.05, 0.1) is 20.0 Å². The van der Waals surface area contributed by atoms with Crippen LogP contribution in [0.15, 0.2) is 30.6 Å². The smallest absolute Gasteiger partial charge is 0.237 e. The van der Waals surface area contributed by atoms with E-state index in [0.717, 1.165) is 16.6 Å². The molecule has 7 heteroatoms. The number of aromatic nitrogens is 2. The molecule has 0 aliphatic heterocycles. The van der Waals surface area contributed by atoms with Gasteiger partial charge in [-0.15, -0.1) is 0 Å². The lowest BCUT2D eigenvalue weighted by molar-refractivity contribution is 0.294. The van der Waals surface area contributed by atoms with E-state index < -0.39 is 10.0 Å². The molecule has 0 bridgehead atoms. The number of imidazole rings is 1. The van der Waals surface area contributed by atoms with E-state index in [9.17, 15) is 8.42 Å². The van der Waals surface area contributed by atoms with Crippen molar-refractivity contribution in [3.05, 3.63) is 30.6 Å². The molecule has 6 nitrogen and oxygen atoms in total. The molecule has 0 radical (unpaired) electrons. The van der Waals surface area contributed by atoms with Crippen LogP contribution >= 0.6 is 0 Å². The van der Waals surface area contributed by atoms with E-state index in [-0.39, 0.29) is 0 Å². The first kappa shape index (κ1) is 15.4. The normalized spacial score (nSPS) is 11.4. The zero-order chi connectivity index (χ0) is 15.5. The van der Waals surface area contributed by atoms with E-state index in [1.165, 1.54) is 12.4 Å². The number of ether oxygens (including phenoxy) is 2. The van der Waals surface area contributed by atoms with Gasteiger partial charge < -0.3 is 9.47 Å². The molecule has 0 fully saturated rings. The summed E-state index contributed by atoms with van der Waals surface area (Å²) < 4.78 is 35.4. The van der Waals surface area contributed by atoms with Gasteiger partial charge in [-0.05, 0) is 24.6 Å². The maximum atomic E-state index is 11.7. The SMILES string of the molecule is CCCOc1ccc(-c2nccn2S(C)(=O)=O)cc1OC. The maximum absolute atomic E-state index is 11.7. The largest absolute Gasteiger partial charge is 0.493 e. The van der Waals surface area contributed by atoms with Crippen LogP contribution in [0.5, 0.6) is 11.5 Å². The number of hydrogen-bond acceptors (Lipinski definition) is 5. The second kappa shape index (κ2) is 6.17. The molecule has 1 aromatic carbocycles. The minimum atomic E-state index is -3.40. The minimum absolute atomic E-state index is 0.345. The number of methoxy groups -OCH3 is 1. The summed E-state index contributed by atoms with van der Waals surface area (Å²) >= 11 is 0. The lowest BCUT2D eigenvalue weighted by atomic mass is 10.2. The van der Waals surface area contributed by atoms with Gasteiger partial charge in [-0.2, -0.15) is 0 Å². The molecule has 1 heterocycles. The molecule has 0 N–H and O–H groups in total. The molecule has 21 heavy (non-hydrogen) atoms. The van der Waals surface area contributed by atoms with E-state index in [0.29, 0.717) is 29.5 Å². The molecule has 2 rings (SSSR count). The van der Waals surface area contributed by atoms with Crippen molar-refractivity contribution >= 4 is 10.0 Å². The lowest BCUT2D eigenvalue weighted by Crippen LogP contribution is -2.10. The van der Waals surface area contributed by atoms with Crippen LogP contribution < -0.4 is 9.47 Å². The fourth-order valence-corrected chi connectivity index (χ4v) is 2.64. The van der Waals surface area contributed by atoms with Gasteiger partial charge in [-0.1, -0.05) is 6.92 Å². The van der Waals surface area contributed by atoms with Crippen molar-refractivity contribution in [2.45, 2.75) is 13.3 Å². The average molecular weight is 310 g/mol. The van der Waals surface area contributed by atoms with Gasteiger partial charge in [0.1, 0.15) is 0 Å². The molecule has 0 aliphatic rings. The summed E-state index contributed by atoms with van der Waals surface area (Å²) in [4.78, 5) is 4.11. The van der Waals surface area contributed by atoms with E-state index in [2.05, 4.69) is 4.98 Å². The highest BCUT2D eigenvalue weighted by Crippen LogP contribution is 2.32. The van der Waals surface area contributed by atoms with Crippen LogP contribution in [-0.2, 0) is 10.0 Å². The van der Waals surface area contributed by atoms with Crippen molar-refractivity contribution in [1.82, 2.24) is 8.96 Å². The Morgan fingerprint density at radius 2 is 2.05 bits per heavy atom. The monoisotopic (exact) mass is 310 g/mol. The quantitative estimate of drug-likeness (QED) is 0.817. The van der Waals surface area contributed by atoms with Gasteiger partial charge in [-0.3, -0.25) is 0 Å². The van der Waals surface area contributed by atoms with Crippen molar-refractivity contribution in [2.75, 3.05) is 20.0 Å². The number of hydrogen-bond donors (Lipinski definition) is 0. The number of benzene rings is 1. The van der Waals surface area contributed by atoms with Crippen LogP contribution in [0.2, 0.25) is 0 Å². The predicted molar refractivity (Wildman–Crippen MR) is 80.2 cm³/mol. The second-order valence-corrected chi connectivity index (χ2v) is 6.38. The fraction of sp³-hybridized carbons (Fsp3) is 0.357. The second-order valence-electron chi connectivity index (χ2n) is 4.52. The van der Waals surface area contributed by atoms with Gasteiger partial charge in [0.15, 0.2) is 17.3 Å². The van der Waals surface area contributed by atoms with E-state index in [4.69, 9.17) is 9.47 Å². The van der Waals surface area contributed by atoms with Crippen LogP contribution in [0.1, 0.15) is 13.3 Å². The molecule has 0 saturated heterocycles. The van der Waals surface area contributed by atoms with Gasteiger partial charge >= 0.3 is 0 Å². The van der Waals surface area contributed by atoms with Crippen LogP contribution in [0, 0.1) is 0 Å². The van der Waals surface area contributed by atoms with E-state index in [1.807, 2.05) is 6.92 Å². The van der Waals surface area contributed by atoms with Crippen LogP contribution in [0.3, 0.4) is 0 Å². The third-order valence-electron chi connectivity index (χ3n) is 2.85. The maximum Gasteiger partial charge on any atom is 0.237 e. The molecule has 0 spiro atoms. The predicted octanol–water partition coefficient (Wildman–Crippen LogP) is 2.16. The Balaban J connectivity index is 2.45. The highest BCUT2D eigenvalue weighted by Gasteiger charge is 2.15. The van der Waals surface area contributed by atoms with Gasteiger partial charge in [0.25, 0.3) is 0 Å². The summed E-state index contributed by atoms with van der Waals surface area (Å²) in [5.74, 6) is 1.52. The molecule has 0 atom stereocenters. The Morgan fingerprint density at radius 3 is 2.67 bits per heavy atom. The van der Waals surface area contributed by atoms with Crippen LogP contribution in [0.25, 0.3) is 11.4 Å². The van der Waals surface area contributed by atoms with Crippen LogP contribution in [0.4, 0.5) is 0 Å². The van der Waals surface area contributed by atoms with Crippen molar-refractivity contribution in [3.63, 3.8) is 0 Å². The standard InChI is InChI=1S/C14H18N2O4S/c1-4-9-20-12-6-5-11(10-13(12)19-2)14-15-7-8-16(14)21(3,17)18/h5-8,10H,4,9H2,1-3H3.